The Morgan fingerprint density at radius 1 is 0.960 bits per heavy atom. The van der Waals surface area contributed by atoms with Crippen LogP contribution in [-0.2, 0) is 0 Å². The molecule has 0 heterocycles. The maximum Gasteiger partial charge on any atom is 0.0633 e. The lowest BCUT2D eigenvalue weighted by Crippen LogP contribution is -1.97. The van der Waals surface area contributed by atoms with E-state index in [0.29, 0.717) is 5.92 Å². The molecule has 1 heteroatoms. The quantitative estimate of drug-likeness (QED) is 0.531. The van der Waals surface area contributed by atoms with Crippen molar-refractivity contribution in [2.24, 2.45) is 4.99 Å². The van der Waals surface area contributed by atoms with Gasteiger partial charge in [-0.25, -0.2) is 0 Å². The number of hydrogen-bond donors (Lipinski definition) is 0. The van der Waals surface area contributed by atoms with Gasteiger partial charge >= 0.3 is 0 Å². The van der Waals surface area contributed by atoms with Gasteiger partial charge in [-0.3, -0.25) is 4.99 Å². The van der Waals surface area contributed by atoms with E-state index in [9.17, 15) is 0 Å². The first-order valence-electron chi connectivity index (χ1n) is 9.17. The summed E-state index contributed by atoms with van der Waals surface area (Å²) < 4.78 is 0. The van der Waals surface area contributed by atoms with E-state index in [2.05, 4.69) is 75.0 Å². The van der Waals surface area contributed by atoms with E-state index in [1.165, 1.54) is 30.4 Å². The zero-order valence-corrected chi connectivity index (χ0v) is 15.5. The van der Waals surface area contributed by atoms with E-state index in [1.807, 2.05) is 6.92 Å². The molecule has 0 aromatic heterocycles. The van der Waals surface area contributed by atoms with Crippen molar-refractivity contribution in [3.63, 3.8) is 0 Å². The first-order chi connectivity index (χ1) is 12.0. The molecule has 3 rings (SSSR count). The number of aliphatic imine (C=N–C) groups is 1. The lowest BCUT2D eigenvalue weighted by atomic mass is 9.90. The van der Waals surface area contributed by atoms with Crippen molar-refractivity contribution < 1.29 is 0 Å². The normalized spacial score (nSPS) is 14.4. The predicted molar refractivity (Wildman–Crippen MR) is 110 cm³/mol. The lowest BCUT2D eigenvalue weighted by molar-refractivity contribution is 0.670. The zero-order chi connectivity index (χ0) is 17.8. The second-order valence-corrected chi connectivity index (χ2v) is 7.20. The van der Waals surface area contributed by atoms with Crippen LogP contribution >= 0.6 is 0 Å². The summed E-state index contributed by atoms with van der Waals surface area (Å²) >= 11 is 0. The number of allylic oxidation sites excluding steroid dienone is 1. The second kappa shape index (κ2) is 7.65. The fraction of sp³-hybridized carbons (Fsp3) is 0.292. The van der Waals surface area contributed by atoms with Crippen molar-refractivity contribution in [3.05, 3.63) is 82.9 Å². The van der Waals surface area contributed by atoms with Gasteiger partial charge in [0.15, 0.2) is 0 Å². The van der Waals surface area contributed by atoms with Crippen molar-refractivity contribution >= 4 is 17.5 Å². The molecule has 2 aromatic rings. The summed E-state index contributed by atoms with van der Waals surface area (Å²) in [5.41, 5.74) is 8.23. The molecule has 1 aliphatic carbocycles. The highest BCUT2D eigenvalue weighted by molar-refractivity contribution is 6.01. The van der Waals surface area contributed by atoms with Gasteiger partial charge in [0.2, 0.25) is 0 Å². The number of nitrogens with zero attached hydrogens (tertiary/aromatic N) is 1. The van der Waals surface area contributed by atoms with Gasteiger partial charge in [0.05, 0.1) is 5.70 Å². The minimum atomic E-state index is 0.551. The molecule has 0 atom stereocenters. The molecule has 1 fully saturated rings. The largest absolute Gasteiger partial charge is 0.253 e. The van der Waals surface area contributed by atoms with Gasteiger partial charge in [0.25, 0.3) is 0 Å². The minimum absolute atomic E-state index is 0.551. The Labute approximate surface area is 151 Å². The van der Waals surface area contributed by atoms with Crippen molar-refractivity contribution in [1.29, 1.82) is 0 Å². The Hall–Kier alpha value is -2.41. The van der Waals surface area contributed by atoms with Crippen molar-refractivity contribution in [2.75, 3.05) is 0 Å². The molecular formula is C24H27N. The molecule has 0 amide bonds. The molecule has 0 saturated heterocycles. The third-order valence-corrected chi connectivity index (χ3v) is 4.91. The highest BCUT2D eigenvalue weighted by atomic mass is 14.7. The predicted octanol–water partition coefficient (Wildman–Crippen LogP) is 6.86. The van der Waals surface area contributed by atoms with Gasteiger partial charge in [-0.05, 0) is 54.4 Å². The third kappa shape index (κ3) is 4.36. The van der Waals surface area contributed by atoms with E-state index in [1.54, 1.807) is 5.57 Å². The smallest absolute Gasteiger partial charge is 0.0633 e. The monoisotopic (exact) mass is 329 g/mol. The molecule has 128 valence electrons. The van der Waals surface area contributed by atoms with Crippen LogP contribution in [0.15, 0.2) is 65.7 Å². The van der Waals surface area contributed by atoms with E-state index < -0.39 is 0 Å². The Morgan fingerprint density at radius 2 is 1.56 bits per heavy atom. The van der Waals surface area contributed by atoms with Gasteiger partial charge in [-0.2, -0.15) is 0 Å². The summed E-state index contributed by atoms with van der Waals surface area (Å²) in [6, 6.07) is 17.2. The van der Waals surface area contributed by atoms with Crippen LogP contribution in [-0.4, -0.2) is 5.71 Å². The van der Waals surface area contributed by atoms with Crippen LogP contribution in [0.2, 0.25) is 0 Å². The minimum Gasteiger partial charge on any atom is -0.253 e. The summed E-state index contributed by atoms with van der Waals surface area (Å²) in [5.74, 6) is 0.551. The molecule has 0 aliphatic heterocycles. The topological polar surface area (TPSA) is 12.4 Å². The lowest BCUT2D eigenvalue weighted by Gasteiger charge is -2.15. The summed E-state index contributed by atoms with van der Waals surface area (Å²) in [6.45, 7) is 10.6. The van der Waals surface area contributed by atoms with Crippen molar-refractivity contribution in [3.8, 4) is 0 Å². The SMILES string of the molecule is C=C(N=C(C)c1ccc(C(C)C)cc1)c1ccc(C=C2CCC2)cc1. The molecule has 1 saturated carbocycles. The summed E-state index contributed by atoms with van der Waals surface area (Å²) in [5, 5.41) is 0. The van der Waals surface area contributed by atoms with Crippen molar-refractivity contribution in [1.82, 2.24) is 0 Å². The molecule has 0 unspecified atom stereocenters. The third-order valence-electron chi connectivity index (χ3n) is 4.91. The fourth-order valence-electron chi connectivity index (χ4n) is 2.97. The number of hydrogen-bond acceptors (Lipinski definition) is 1. The average molecular weight is 329 g/mol. The Balaban J connectivity index is 1.72. The maximum absolute atomic E-state index is 4.72. The molecular weight excluding hydrogens is 302 g/mol. The van der Waals surface area contributed by atoms with E-state index in [0.717, 1.165) is 22.5 Å². The molecule has 2 aromatic carbocycles. The van der Waals surface area contributed by atoms with Crippen LogP contribution < -0.4 is 0 Å². The average Bonchev–Trinajstić information content (AvgIpc) is 2.58. The van der Waals surface area contributed by atoms with Crippen LogP contribution in [0.4, 0.5) is 0 Å². The van der Waals surface area contributed by atoms with E-state index in [-0.39, 0.29) is 0 Å². The Kier molecular flexibility index (Phi) is 5.33. The van der Waals surface area contributed by atoms with Gasteiger partial charge in [-0.1, -0.05) is 80.6 Å². The highest BCUT2D eigenvalue weighted by Crippen LogP contribution is 2.28. The van der Waals surface area contributed by atoms with E-state index >= 15 is 0 Å². The summed E-state index contributed by atoms with van der Waals surface area (Å²) in [4.78, 5) is 4.72. The first kappa shape index (κ1) is 17.4. The molecule has 1 nitrogen and oxygen atoms in total. The van der Waals surface area contributed by atoms with Crippen LogP contribution in [0, 0.1) is 0 Å². The molecule has 0 spiro atoms. The summed E-state index contributed by atoms with van der Waals surface area (Å²) in [6.07, 6.45) is 6.16. The fourth-order valence-corrected chi connectivity index (χ4v) is 2.97. The molecule has 25 heavy (non-hydrogen) atoms. The standard InChI is InChI=1S/C24H27N/c1-17(2)22-12-14-24(15-13-22)19(4)25-18(3)23-10-8-21(9-11-23)16-20-6-5-7-20/h8-17H,3,5-7H2,1-2,4H3. The molecule has 0 bridgehead atoms. The summed E-state index contributed by atoms with van der Waals surface area (Å²) in [7, 11) is 0. The second-order valence-electron chi connectivity index (χ2n) is 7.20. The molecule has 1 aliphatic rings. The first-order valence-corrected chi connectivity index (χ1v) is 9.17. The molecule has 0 radical (unpaired) electrons. The van der Waals surface area contributed by atoms with Gasteiger partial charge < -0.3 is 0 Å². The van der Waals surface area contributed by atoms with Crippen LogP contribution in [0.5, 0.6) is 0 Å². The Bertz CT molecular complexity index is 796. The van der Waals surface area contributed by atoms with Gasteiger partial charge in [0.1, 0.15) is 0 Å². The van der Waals surface area contributed by atoms with Crippen LogP contribution in [0.1, 0.15) is 68.2 Å². The number of rotatable bonds is 5. The molecule has 0 N–H and O–H groups in total. The van der Waals surface area contributed by atoms with Crippen LogP contribution in [0.25, 0.3) is 11.8 Å². The zero-order valence-electron chi connectivity index (χ0n) is 15.5. The van der Waals surface area contributed by atoms with Crippen molar-refractivity contribution in [2.45, 2.75) is 46.0 Å². The van der Waals surface area contributed by atoms with Gasteiger partial charge in [0, 0.05) is 5.71 Å². The highest BCUT2D eigenvalue weighted by Gasteiger charge is 2.08. The Morgan fingerprint density at radius 3 is 2.08 bits per heavy atom. The number of benzene rings is 2. The van der Waals surface area contributed by atoms with Crippen LogP contribution in [0.3, 0.4) is 0 Å². The van der Waals surface area contributed by atoms with Gasteiger partial charge in [-0.15, -0.1) is 0 Å². The maximum atomic E-state index is 4.72. The van der Waals surface area contributed by atoms with E-state index in [4.69, 9.17) is 4.99 Å².